The molecule has 0 amide bonds. The maximum absolute atomic E-state index is 5.58. The van der Waals surface area contributed by atoms with Gasteiger partial charge in [-0.15, -0.1) is 0 Å². The molecule has 0 aromatic heterocycles. The van der Waals surface area contributed by atoms with Gasteiger partial charge in [0.05, 0.1) is 0 Å². The molecular weight excluding hydrogens is 160 g/mol. The Bertz CT molecular complexity index is 159. The van der Waals surface area contributed by atoms with Crippen LogP contribution in [0.3, 0.4) is 0 Å². The molecule has 76 valence electrons. The molecule has 0 aromatic rings. The molecule has 0 radical (unpaired) electrons. The summed E-state index contributed by atoms with van der Waals surface area (Å²) < 4.78 is 0. The highest BCUT2D eigenvalue weighted by atomic mass is 15.1. The zero-order valence-corrected chi connectivity index (χ0v) is 8.71. The van der Waals surface area contributed by atoms with Gasteiger partial charge in [-0.1, -0.05) is 13.3 Å². The number of hydrogen-bond donors (Lipinski definition) is 1. The fraction of sp³-hybridized carbons (Fsp3) is 1.00. The van der Waals surface area contributed by atoms with Crippen molar-refractivity contribution < 1.29 is 0 Å². The van der Waals surface area contributed by atoms with Crippen LogP contribution in [0.2, 0.25) is 0 Å². The van der Waals surface area contributed by atoms with E-state index in [9.17, 15) is 0 Å². The van der Waals surface area contributed by atoms with E-state index in [0.29, 0.717) is 0 Å². The Morgan fingerprint density at radius 3 is 2.54 bits per heavy atom. The van der Waals surface area contributed by atoms with Crippen molar-refractivity contribution in [3.05, 3.63) is 0 Å². The molecule has 2 N–H and O–H groups in total. The number of fused-ring (bicyclic) bond motifs is 1. The number of rotatable bonds is 5. The van der Waals surface area contributed by atoms with Crippen LogP contribution in [0.1, 0.15) is 26.2 Å². The maximum Gasteiger partial charge on any atom is 0.0105 e. The zero-order chi connectivity index (χ0) is 9.26. The summed E-state index contributed by atoms with van der Waals surface area (Å²) in [5, 5.41) is 0. The summed E-state index contributed by atoms with van der Waals surface area (Å²) in [6, 6.07) is 0. The molecule has 0 saturated heterocycles. The Kier molecular flexibility index (Phi) is 2.89. The van der Waals surface area contributed by atoms with E-state index in [1.54, 1.807) is 0 Å². The first kappa shape index (κ1) is 9.47. The molecule has 2 heteroatoms. The van der Waals surface area contributed by atoms with Gasteiger partial charge in [0.2, 0.25) is 0 Å². The number of hydrogen-bond acceptors (Lipinski definition) is 2. The molecule has 2 unspecified atom stereocenters. The van der Waals surface area contributed by atoms with Crippen LogP contribution < -0.4 is 5.73 Å². The summed E-state index contributed by atoms with van der Waals surface area (Å²) in [4.78, 5) is 2.52. The van der Waals surface area contributed by atoms with Crippen LogP contribution in [0.5, 0.6) is 0 Å². The topological polar surface area (TPSA) is 29.3 Å². The second kappa shape index (κ2) is 3.97. The molecular formula is C11H22N2. The maximum atomic E-state index is 5.58. The summed E-state index contributed by atoms with van der Waals surface area (Å²) >= 11 is 0. The van der Waals surface area contributed by atoms with Gasteiger partial charge in [-0.05, 0) is 37.1 Å². The zero-order valence-electron chi connectivity index (χ0n) is 8.71. The minimum absolute atomic E-state index is 0.815. The Morgan fingerprint density at radius 2 is 2.00 bits per heavy atom. The predicted octanol–water partition coefficient (Wildman–Crippen LogP) is 1.31. The van der Waals surface area contributed by atoms with E-state index in [0.717, 1.165) is 30.8 Å². The molecule has 0 heterocycles. The van der Waals surface area contributed by atoms with Gasteiger partial charge >= 0.3 is 0 Å². The lowest BCUT2D eigenvalue weighted by Gasteiger charge is -2.20. The van der Waals surface area contributed by atoms with E-state index >= 15 is 0 Å². The normalized spacial score (nSPS) is 36.7. The van der Waals surface area contributed by atoms with Crippen molar-refractivity contribution >= 4 is 0 Å². The van der Waals surface area contributed by atoms with Crippen molar-refractivity contribution in [1.29, 1.82) is 0 Å². The fourth-order valence-electron chi connectivity index (χ4n) is 3.10. The number of nitrogens with zero attached hydrogens (tertiary/aromatic N) is 1. The Morgan fingerprint density at radius 1 is 1.31 bits per heavy atom. The highest BCUT2D eigenvalue weighted by Gasteiger charge is 2.52. The van der Waals surface area contributed by atoms with Crippen LogP contribution in [0.4, 0.5) is 0 Å². The van der Waals surface area contributed by atoms with E-state index in [4.69, 9.17) is 5.73 Å². The first-order valence-electron chi connectivity index (χ1n) is 5.79. The standard InChI is InChI=1S/C11H22N2/c1-2-13(7-6-12)8-11-9-4-3-5-10(9)11/h9-11H,2-8,12H2,1H3. The molecule has 13 heavy (non-hydrogen) atoms. The average molecular weight is 182 g/mol. The predicted molar refractivity (Wildman–Crippen MR) is 55.5 cm³/mol. The minimum atomic E-state index is 0.815. The van der Waals surface area contributed by atoms with Crippen molar-refractivity contribution in [2.24, 2.45) is 23.5 Å². The van der Waals surface area contributed by atoms with Crippen LogP contribution >= 0.6 is 0 Å². The molecule has 2 nitrogen and oxygen atoms in total. The van der Waals surface area contributed by atoms with E-state index in [1.165, 1.54) is 32.4 Å². The van der Waals surface area contributed by atoms with Gasteiger partial charge in [0.15, 0.2) is 0 Å². The third kappa shape index (κ3) is 1.89. The van der Waals surface area contributed by atoms with E-state index in [-0.39, 0.29) is 0 Å². The largest absolute Gasteiger partial charge is 0.329 e. The minimum Gasteiger partial charge on any atom is -0.329 e. The van der Waals surface area contributed by atoms with Crippen LogP contribution in [0.15, 0.2) is 0 Å². The molecule has 0 aliphatic heterocycles. The van der Waals surface area contributed by atoms with Crippen molar-refractivity contribution in [1.82, 2.24) is 4.90 Å². The smallest absolute Gasteiger partial charge is 0.0105 e. The highest BCUT2D eigenvalue weighted by Crippen LogP contribution is 2.57. The lowest BCUT2D eigenvalue weighted by atomic mass is 10.1. The SMILES string of the molecule is CCN(CCN)CC1C2CCCC21. The lowest BCUT2D eigenvalue weighted by Crippen LogP contribution is -2.31. The molecule has 0 aromatic carbocycles. The van der Waals surface area contributed by atoms with E-state index < -0.39 is 0 Å². The molecule has 0 bridgehead atoms. The van der Waals surface area contributed by atoms with Crippen LogP contribution in [-0.2, 0) is 0 Å². The van der Waals surface area contributed by atoms with Crippen LogP contribution in [-0.4, -0.2) is 31.1 Å². The molecule has 2 aliphatic rings. The van der Waals surface area contributed by atoms with Gasteiger partial charge < -0.3 is 10.6 Å². The molecule has 2 fully saturated rings. The van der Waals surface area contributed by atoms with Gasteiger partial charge in [-0.3, -0.25) is 0 Å². The molecule has 2 saturated carbocycles. The third-order valence-corrected chi connectivity index (χ3v) is 3.95. The van der Waals surface area contributed by atoms with Crippen molar-refractivity contribution in [3.8, 4) is 0 Å². The summed E-state index contributed by atoms with van der Waals surface area (Å²) in [5.74, 6) is 3.25. The Hall–Kier alpha value is -0.0800. The van der Waals surface area contributed by atoms with Gasteiger partial charge in [-0.25, -0.2) is 0 Å². The van der Waals surface area contributed by atoms with E-state index in [1.807, 2.05) is 0 Å². The molecule has 2 atom stereocenters. The second-order valence-corrected chi connectivity index (χ2v) is 4.60. The third-order valence-electron chi connectivity index (χ3n) is 3.95. The van der Waals surface area contributed by atoms with E-state index in [2.05, 4.69) is 11.8 Å². The van der Waals surface area contributed by atoms with Gasteiger partial charge in [-0.2, -0.15) is 0 Å². The molecule has 2 aliphatic carbocycles. The lowest BCUT2D eigenvalue weighted by molar-refractivity contribution is 0.269. The second-order valence-electron chi connectivity index (χ2n) is 4.60. The summed E-state index contributed by atoms with van der Waals surface area (Å²) in [7, 11) is 0. The summed E-state index contributed by atoms with van der Waals surface area (Å²) in [5.41, 5.74) is 5.58. The Balaban J connectivity index is 1.72. The fourth-order valence-corrected chi connectivity index (χ4v) is 3.10. The van der Waals surface area contributed by atoms with Crippen molar-refractivity contribution in [2.45, 2.75) is 26.2 Å². The highest BCUT2D eigenvalue weighted by molar-refractivity contribution is 5.02. The Labute approximate surface area is 81.5 Å². The first-order valence-corrected chi connectivity index (χ1v) is 5.79. The summed E-state index contributed by atoms with van der Waals surface area (Å²) in [6.07, 6.45) is 4.51. The first-order chi connectivity index (χ1) is 6.36. The van der Waals surface area contributed by atoms with Crippen molar-refractivity contribution in [2.75, 3.05) is 26.2 Å². The van der Waals surface area contributed by atoms with Crippen LogP contribution in [0.25, 0.3) is 0 Å². The summed E-state index contributed by atoms with van der Waals surface area (Å²) in [6.45, 7) is 6.65. The monoisotopic (exact) mass is 182 g/mol. The van der Waals surface area contributed by atoms with Gasteiger partial charge in [0, 0.05) is 19.6 Å². The number of nitrogens with two attached hydrogens (primary N) is 1. The average Bonchev–Trinajstić information content (AvgIpc) is 2.63. The quantitative estimate of drug-likeness (QED) is 0.694. The van der Waals surface area contributed by atoms with Crippen molar-refractivity contribution in [3.63, 3.8) is 0 Å². The molecule has 2 rings (SSSR count). The van der Waals surface area contributed by atoms with Gasteiger partial charge in [0.25, 0.3) is 0 Å². The van der Waals surface area contributed by atoms with Crippen LogP contribution in [0, 0.1) is 17.8 Å². The molecule has 0 spiro atoms. The number of likely N-dealkylation sites (N-methyl/N-ethyl adjacent to an activating group) is 1. The van der Waals surface area contributed by atoms with Gasteiger partial charge in [0.1, 0.15) is 0 Å².